The van der Waals surface area contributed by atoms with Crippen molar-refractivity contribution in [2.75, 3.05) is 96.1 Å². The van der Waals surface area contributed by atoms with Gasteiger partial charge in [-0.25, -0.2) is 19.2 Å². The van der Waals surface area contributed by atoms with Crippen LogP contribution < -0.4 is 31.9 Å². The van der Waals surface area contributed by atoms with Gasteiger partial charge in [0, 0.05) is 41.6 Å². The Balaban J connectivity index is 1.07. The molecule has 2 aromatic heterocycles. The Labute approximate surface area is 582 Å². The number of carboxylic acids is 4. The number of anilines is 7. The number of hydrogen-bond donors (Lipinski definition) is 18. The van der Waals surface area contributed by atoms with Crippen LogP contribution in [0.2, 0.25) is 0 Å². The van der Waals surface area contributed by atoms with Crippen LogP contribution in [0.25, 0.3) is 10.8 Å². The number of nitrogens with one attached hydrogen (secondary N) is 6. The van der Waals surface area contributed by atoms with E-state index in [1.807, 2.05) is 0 Å². The largest absolute Gasteiger partial charge is 0.509 e. The first-order valence-electron chi connectivity index (χ1n) is 28.6. The van der Waals surface area contributed by atoms with E-state index in [1.165, 1.54) is 36.4 Å². The van der Waals surface area contributed by atoms with Crippen molar-refractivity contribution in [2.45, 2.75) is 21.9 Å². The lowest BCUT2D eigenvalue weighted by Crippen LogP contribution is -2.34. The van der Waals surface area contributed by atoms with Crippen molar-refractivity contribution < 1.29 is 121 Å². The van der Waals surface area contributed by atoms with Gasteiger partial charge in [-0.15, -0.1) is 20.5 Å². The number of azo groups is 2. The van der Waals surface area contributed by atoms with E-state index in [-0.39, 0.29) is 76.0 Å². The number of allylic oxidation sites excluding steroid dienone is 3. The lowest BCUT2D eigenvalue weighted by molar-refractivity contribution is -0.138. The van der Waals surface area contributed by atoms with Crippen LogP contribution in [0.3, 0.4) is 0 Å². The number of aliphatic carboxylic acids is 2. The molecule has 2 aliphatic rings. The van der Waals surface area contributed by atoms with Crippen molar-refractivity contribution in [3.63, 3.8) is 0 Å². The van der Waals surface area contributed by atoms with E-state index in [0.717, 1.165) is 58.0 Å². The SMILES string of the molecule is O=C(O)c1ccccc1/N=N/C1=C(O)C2C(Nc3nc(NCCOCCO)nc(NC(CSSCC(Nc4nc(NCCOCCO)nc(Nc5cc(S(=O)(=O)O)cc6cc(S(=O)(=O)O)c(/N=N/c7ccccc7C(=O)O)c(O)c56)n4)C(=O)O)C(=O)O)n3)=CC(S(=O)(=O)O)=CC2C=C1S(=O)(=O)O. The van der Waals surface area contributed by atoms with Crippen molar-refractivity contribution in [2.24, 2.45) is 32.3 Å². The van der Waals surface area contributed by atoms with Crippen LogP contribution in [-0.2, 0) is 59.5 Å². The second-order valence-corrected chi connectivity index (χ2v) is 28.8. The van der Waals surface area contributed by atoms with Crippen LogP contribution in [0.4, 0.5) is 58.4 Å². The van der Waals surface area contributed by atoms with E-state index in [2.05, 4.69) is 82.3 Å². The summed E-state index contributed by atoms with van der Waals surface area (Å²) in [4.78, 5) is 70.8. The number of fused-ring (bicyclic) bond motifs is 2. The molecule has 2 heterocycles. The van der Waals surface area contributed by atoms with E-state index >= 15 is 0 Å². The summed E-state index contributed by atoms with van der Waals surface area (Å²) >= 11 is 0. The van der Waals surface area contributed by atoms with Crippen molar-refractivity contribution >= 4 is 155 Å². The third kappa shape index (κ3) is 20.3. The highest BCUT2D eigenvalue weighted by molar-refractivity contribution is 8.76. The predicted molar refractivity (Wildman–Crippen MR) is 359 cm³/mol. The zero-order valence-electron chi connectivity index (χ0n) is 51.5. The molecule has 18 N–H and O–H groups in total. The van der Waals surface area contributed by atoms with Crippen molar-refractivity contribution in [1.29, 1.82) is 0 Å². The van der Waals surface area contributed by atoms with Gasteiger partial charge >= 0.3 is 23.9 Å². The molecule has 48 heteroatoms. The molecule has 8 rings (SSSR count). The Morgan fingerprint density at radius 1 is 0.559 bits per heavy atom. The number of aliphatic hydroxyl groups excluding tert-OH is 3. The van der Waals surface area contributed by atoms with Gasteiger partial charge in [0.2, 0.25) is 35.7 Å². The maximum Gasteiger partial charge on any atom is 0.337 e. The van der Waals surface area contributed by atoms with E-state index in [4.69, 9.17) is 9.47 Å². The number of rotatable bonds is 37. The summed E-state index contributed by atoms with van der Waals surface area (Å²) in [6.45, 7) is -1.27. The lowest BCUT2D eigenvalue weighted by atomic mass is 9.80. The first-order chi connectivity index (χ1) is 48.1. The zero-order valence-corrected chi connectivity index (χ0v) is 56.4. The fourth-order valence-corrected chi connectivity index (χ4v) is 14.0. The molecule has 0 saturated heterocycles. The third-order valence-corrected chi connectivity index (χ3v) is 19.5. The second kappa shape index (κ2) is 33.5. The summed E-state index contributed by atoms with van der Waals surface area (Å²) in [6, 6.07) is 8.67. The number of benzene rings is 4. The molecule has 0 radical (unpaired) electrons. The Kier molecular flexibility index (Phi) is 25.5. The van der Waals surface area contributed by atoms with Gasteiger partial charge < -0.3 is 82.2 Å². The minimum atomic E-state index is -5.40. The maximum atomic E-state index is 12.9. The number of hydrogen-bond acceptors (Lipinski definition) is 36. The molecular weight excluding hydrogens is 1480 g/mol. The normalized spacial score (nSPS) is 15.6. The Hall–Kier alpha value is -10.2. The van der Waals surface area contributed by atoms with Crippen molar-refractivity contribution in [3.8, 4) is 5.75 Å². The number of aromatic carboxylic acids is 2. The Bertz CT molecular complexity index is 4930. The van der Waals surface area contributed by atoms with Gasteiger partial charge in [-0.1, -0.05) is 58.0 Å². The van der Waals surface area contributed by atoms with Crippen LogP contribution in [0.5, 0.6) is 5.75 Å². The highest BCUT2D eigenvalue weighted by atomic mass is 33.1. The van der Waals surface area contributed by atoms with E-state index < -0.39 is 199 Å². The van der Waals surface area contributed by atoms with Gasteiger partial charge in [0.1, 0.15) is 50.4 Å². The monoisotopic (exact) mass is 1540 g/mol. The molecule has 42 nitrogen and oxygen atoms in total. The van der Waals surface area contributed by atoms with Crippen LogP contribution in [-0.4, -0.2) is 223 Å². The minimum absolute atomic E-state index is 0.0816. The molecule has 0 saturated carbocycles. The van der Waals surface area contributed by atoms with Gasteiger partial charge in [0.15, 0.2) is 5.75 Å². The third-order valence-electron chi connectivity index (χ3n) is 13.6. The molecule has 102 heavy (non-hydrogen) atoms. The van der Waals surface area contributed by atoms with E-state index in [9.17, 15) is 112 Å². The molecule has 544 valence electrons. The molecule has 0 amide bonds. The molecule has 0 spiro atoms. The minimum Gasteiger partial charge on any atom is -0.509 e. The maximum absolute atomic E-state index is 12.9. The summed E-state index contributed by atoms with van der Waals surface area (Å²) in [7, 11) is -19.6. The predicted octanol–water partition coefficient (Wildman–Crippen LogP) is 4.27. The van der Waals surface area contributed by atoms with Crippen LogP contribution in [0, 0.1) is 11.8 Å². The van der Waals surface area contributed by atoms with Gasteiger partial charge in [-0.2, -0.15) is 63.6 Å². The van der Waals surface area contributed by atoms with Crippen LogP contribution >= 0.6 is 21.6 Å². The van der Waals surface area contributed by atoms with Gasteiger partial charge in [0.25, 0.3) is 40.5 Å². The highest BCUT2D eigenvalue weighted by Gasteiger charge is 2.42. The summed E-state index contributed by atoms with van der Waals surface area (Å²) in [5.74, 6) is -15.3. The lowest BCUT2D eigenvalue weighted by Gasteiger charge is -2.32. The number of ether oxygens (including phenoxy) is 2. The number of carbonyl (C=O) groups is 4. The first-order valence-corrected chi connectivity index (χ1v) is 36.8. The van der Waals surface area contributed by atoms with E-state index in [0.29, 0.717) is 12.1 Å². The fraction of sp³-hybridized carbons (Fsp3) is 0.259. The van der Waals surface area contributed by atoms with Crippen molar-refractivity contribution in [1.82, 2.24) is 29.9 Å². The number of carboxylic acid groups (broad SMARTS) is 4. The molecule has 4 aromatic carbocycles. The van der Waals surface area contributed by atoms with Gasteiger partial charge in [-0.05, 0) is 53.9 Å². The summed E-state index contributed by atoms with van der Waals surface area (Å²) in [6.07, 6.45) is 2.34. The number of aliphatic hydroxyl groups is 3. The number of phenols is 1. The second-order valence-electron chi connectivity index (χ2n) is 20.6. The van der Waals surface area contributed by atoms with Gasteiger partial charge in [0.05, 0.1) is 72.2 Å². The number of phenolic OH excluding ortho intramolecular Hbond substituents is 1. The molecule has 0 bridgehead atoms. The molecule has 4 atom stereocenters. The number of aromatic nitrogens is 6. The Morgan fingerprint density at radius 3 is 1.52 bits per heavy atom. The standard InChI is InChI=1S/C54H56N16O26S6/c71-11-15-95-13-9-55-49-61-51(57-33-21-27(99(83,84)85)17-25-19-37(101(89,90)91)41(43(73)39(25)33)69-67-31-7-3-1-5-29(31)45(75)76)65-53(63-49)59-35(47(79)80)23-97-98-24-36(48(81)82)60-54-64-50(56-10-14-96-16-12-72)62-52(66-54)58-34-22-28(100(86,87)88)18-26-20-38(102(92,93)94)42(44(74)40(26)34)70-68-32-8-4-2-6-30(32)46(77)78/h1-8,17-22,25,35-36,39,71-74H,9-16,23-24H2,(H,75,76)(H,77,78)(H,79,80)(H,81,82)(H,83,84,85)(H,86,87,88)(H,89,90,91)(H,92,93,94)(H3,55,57,59,61,63,65)(H3,56,58,60,62,64,66)/b69-67+,70-68+. The van der Waals surface area contributed by atoms with Crippen LogP contribution in [0.1, 0.15) is 20.7 Å². The fourth-order valence-electron chi connectivity index (χ4n) is 9.16. The van der Waals surface area contributed by atoms with Gasteiger partial charge in [-0.3, -0.25) is 18.2 Å². The van der Waals surface area contributed by atoms with Crippen LogP contribution in [0.15, 0.2) is 142 Å². The smallest absolute Gasteiger partial charge is 0.337 e. The molecule has 0 fully saturated rings. The zero-order chi connectivity index (χ0) is 74.4. The topological polar surface area (TPSA) is 665 Å². The quantitative estimate of drug-likeness (QED) is 0.0112. The molecule has 0 aliphatic heterocycles. The summed E-state index contributed by atoms with van der Waals surface area (Å²) in [5, 5.41) is 112. The average Bonchev–Trinajstić information content (AvgIpc) is 0.753. The van der Waals surface area contributed by atoms with Crippen molar-refractivity contribution in [3.05, 3.63) is 123 Å². The average molecular weight is 1540 g/mol. The first kappa shape index (κ1) is 77.5. The molecular formula is C54H56N16O26S6. The highest BCUT2D eigenvalue weighted by Crippen LogP contribution is 2.47. The molecule has 4 unspecified atom stereocenters. The summed E-state index contributed by atoms with van der Waals surface area (Å²) < 4.78 is 153. The number of nitrogens with zero attached hydrogens (tertiary/aromatic N) is 10. The number of aromatic hydroxyl groups is 1. The Morgan fingerprint density at radius 2 is 1.05 bits per heavy atom. The molecule has 6 aromatic rings. The molecule has 2 aliphatic carbocycles. The summed E-state index contributed by atoms with van der Waals surface area (Å²) in [5.41, 5.74) is -4.51. The van der Waals surface area contributed by atoms with E-state index in [1.54, 1.807) is 0 Å².